The summed E-state index contributed by atoms with van der Waals surface area (Å²) in [6.45, 7) is 8.08. The standard InChI is InChI=1S/C22H27FN6S/c1-14-13-30-20-18(14)19(27-22(2)6-7-22)25-21(26-20)24-17-5-4-15(12-16(17)23)29-10-8-28(3)9-11-29/h4-5,12-13H,6-11H2,1-3H3,(H2,24,25,26,27). The normalized spacial score (nSPS) is 18.6. The largest absolute Gasteiger partial charge is 0.369 e. The molecule has 3 aromatic rings. The van der Waals surface area contributed by atoms with Crippen LogP contribution in [0.3, 0.4) is 0 Å². The van der Waals surface area contributed by atoms with Crippen LogP contribution in [0.5, 0.6) is 0 Å². The number of hydrogen-bond donors (Lipinski definition) is 2. The minimum atomic E-state index is -0.291. The maximum atomic E-state index is 14.9. The summed E-state index contributed by atoms with van der Waals surface area (Å²) in [5.41, 5.74) is 2.57. The minimum Gasteiger partial charge on any atom is -0.369 e. The Bertz CT molecular complexity index is 1080. The van der Waals surface area contributed by atoms with Crippen LogP contribution in [0.25, 0.3) is 10.2 Å². The summed E-state index contributed by atoms with van der Waals surface area (Å²) in [6.07, 6.45) is 2.26. The lowest BCUT2D eigenvalue weighted by Crippen LogP contribution is -2.44. The van der Waals surface area contributed by atoms with Gasteiger partial charge >= 0.3 is 0 Å². The number of rotatable bonds is 5. The molecule has 158 valence electrons. The first kappa shape index (κ1) is 19.5. The Morgan fingerprint density at radius 3 is 2.60 bits per heavy atom. The van der Waals surface area contributed by atoms with Crippen LogP contribution >= 0.6 is 11.3 Å². The predicted molar refractivity (Wildman–Crippen MR) is 123 cm³/mol. The zero-order valence-corrected chi connectivity index (χ0v) is 18.4. The molecule has 0 radical (unpaired) electrons. The van der Waals surface area contributed by atoms with Gasteiger partial charge in [0, 0.05) is 37.4 Å². The van der Waals surface area contributed by atoms with E-state index < -0.39 is 0 Å². The summed E-state index contributed by atoms with van der Waals surface area (Å²) < 4.78 is 14.9. The predicted octanol–water partition coefficient (Wildman–Crippen LogP) is 4.60. The average molecular weight is 427 g/mol. The molecule has 1 aromatic carbocycles. The van der Waals surface area contributed by atoms with Gasteiger partial charge in [0.1, 0.15) is 16.5 Å². The number of hydrogen-bond acceptors (Lipinski definition) is 7. The van der Waals surface area contributed by atoms with Crippen LogP contribution in [0.15, 0.2) is 23.6 Å². The number of thiophene rings is 1. The van der Waals surface area contributed by atoms with Crippen molar-refractivity contribution in [1.29, 1.82) is 0 Å². The third-order valence-corrected chi connectivity index (χ3v) is 7.10. The molecule has 0 spiro atoms. The second-order valence-corrected chi connectivity index (χ2v) is 9.62. The van der Waals surface area contributed by atoms with Gasteiger partial charge in [0.25, 0.3) is 0 Å². The lowest BCUT2D eigenvalue weighted by molar-refractivity contribution is 0.313. The van der Waals surface area contributed by atoms with E-state index in [0.29, 0.717) is 11.6 Å². The van der Waals surface area contributed by atoms with Crippen molar-refractivity contribution in [3.63, 3.8) is 0 Å². The summed E-state index contributed by atoms with van der Waals surface area (Å²) in [5.74, 6) is 0.958. The number of halogens is 1. The highest BCUT2D eigenvalue weighted by atomic mass is 32.1. The summed E-state index contributed by atoms with van der Waals surface area (Å²) >= 11 is 1.59. The number of aryl methyl sites for hydroxylation is 1. The highest BCUT2D eigenvalue weighted by Gasteiger charge is 2.38. The summed E-state index contributed by atoms with van der Waals surface area (Å²) in [6, 6.07) is 5.35. The Balaban J connectivity index is 1.41. The SMILES string of the molecule is Cc1csc2nc(Nc3ccc(N4CCN(C)CC4)cc3F)nc(NC3(C)CC3)c12. The molecule has 8 heteroatoms. The lowest BCUT2D eigenvalue weighted by atomic mass is 10.2. The molecule has 1 saturated carbocycles. The topological polar surface area (TPSA) is 56.3 Å². The second-order valence-electron chi connectivity index (χ2n) is 8.76. The van der Waals surface area contributed by atoms with Gasteiger partial charge in [-0.15, -0.1) is 11.3 Å². The molecule has 3 heterocycles. The molecule has 0 amide bonds. The summed E-state index contributed by atoms with van der Waals surface area (Å²) in [4.78, 5) is 14.8. The summed E-state index contributed by atoms with van der Waals surface area (Å²) in [7, 11) is 2.11. The van der Waals surface area contributed by atoms with Crippen molar-refractivity contribution in [2.45, 2.75) is 32.2 Å². The average Bonchev–Trinajstić information content (AvgIpc) is 3.32. The second kappa shape index (κ2) is 7.35. The minimum absolute atomic E-state index is 0.0995. The van der Waals surface area contributed by atoms with Crippen molar-refractivity contribution in [1.82, 2.24) is 14.9 Å². The highest BCUT2D eigenvalue weighted by molar-refractivity contribution is 7.17. The fourth-order valence-electron chi connectivity index (χ4n) is 3.82. The van der Waals surface area contributed by atoms with Crippen LogP contribution in [0.1, 0.15) is 25.3 Å². The summed E-state index contributed by atoms with van der Waals surface area (Å²) in [5, 5.41) is 9.82. The molecular formula is C22H27FN6S. The molecule has 30 heavy (non-hydrogen) atoms. The van der Waals surface area contributed by atoms with Crippen LogP contribution in [0, 0.1) is 12.7 Å². The zero-order valence-electron chi connectivity index (χ0n) is 17.6. The quantitative estimate of drug-likeness (QED) is 0.622. The van der Waals surface area contributed by atoms with Gasteiger partial charge in [-0.25, -0.2) is 9.37 Å². The maximum Gasteiger partial charge on any atom is 0.230 e. The molecule has 1 aliphatic carbocycles. The fraction of sp³-hybridized carbons (Fsp3) is 0.455. The molecule has 5 rings (SSSR count). The van der Waals surface area contributed by atoms with E-state index >= 15 is 0 Å². The Labute approximate surface area is 180 Å². The third kappa shape index (κ3) is 3.81. The van der Waals surface area contributed by atoms with Gasteiger partial charge in [-0.3, -0.25) is 0 Å². The fourth-order valence-corrected chi connectivity index (χ4v) is 4.74. The number of fused-ring (bicyclic) bond motifs is 1. The molecule has 0 unspecified atom stereocenters. The molecule has 1 aliphatic heterocycles. The molecule has 0 atom stereocenters. The van der Waals surface area contributed by atoms with Crippen LogP contribution in [0.2, 0.25) is 0 Å². The maximum absolute atomic E-state index is 14.9. The van der Waals surface area contributed by atoms with Crippen molar-refractivity contribution in [3.05, 3.63) is 35.0 Å². The van der Waals surface area contributed by atoms with Gasteiger partial charge in [0.05, 0.1) is 11.1 Å². The molecular weight excluding hydrogens is 399 g/mol. The molecule has 6 nitrogen and oxygen atoms in total. The van der Waals surface area contributed by atoms with Crippen molar-refractivity contribution in [2.24, 2.45) is 0 Å². The van der Waals surface area contributed by atoms with Gasteiger partial charge in [0.15, 0.2) is 0 Å². The zero-order chi connectivity index (χ0) is 20.9. The first-order chi connectivity index (χ1) is 14.4. The Morgan fingerprint density at radius 1 is 1.13 bits per heavy atom. The van der Waals surface area contributed by atoms with Crippen LogP contribution in [0.4, 0.5) is 27.5 Å². The Hall–Kier alpha value is -2.45. The molecule has 1 saturated heterocycles. The van der Waals surface area contributed by atoms with Gasteiger partial charge in [-0.2, -0.15) is 4.98 Å². The molecule has 2 N–H and O–H groups in total. The number of nitrogens with zero attached hydrogens (tertiary/aromatic N) is 4. The van der Waals surface area contributed by atoms with E-state index in [0.717, 1.165) is 66.3 Å². The first-order valence-electron chi connectivity index (χ1n) is 10.4. The number of nitrogens with one attached hydrogen (secondary N) is 2. The molecule has 2 aromatic heterocycles. The monoisotopic (exact) mass is 426 g/mol. The third-order valence-electron chi connectivity index (χ3n) is 6.11. The van der Waals surface area contributed by atoms with Crippen LogP contribution in [-0.2, 0) is 0 Å². The van der Waals surface area contributed by atoms with Crippen LogP contribution in [-0.4, -0.2) is 53.6 Å². The van der Waals surface area contributed by atoms with E-state index in [1.165, 1.54) is 0 Å². The smallest absolute Gasteiger partial charge is 0.230 e. The molecule has 2 aliphatic rings. The lowest BCUT2D eigenvalue weighted by Gasteiger charge is -2.34. The number of benzene rings is 1. The van der Waals surface area contributed by atoms with E-state index in [1.807, 2.05) is 6.07 Å². The number of piperazine rings is 1. The van der Waals surface area contributed by atoms with Crippen molar-refractivity contribution in [3.8, 4) is 0 Å². The first-order valence-corrected chi connectivity index (χ1v) is 11.3. The van der Waals surface area contributed by atoms with E-state index in [9.17, 15) is 4.39 Å². The van der Waals surface area contributed by atoms with Gasteiger partial charge in [-0.1, -0.05) is 0 Å². The van der Waals surface area contributed by atoms with Gasteiger partial charge < -0.3 is 20.4 Å². The van der Waals surface area contributed by atoms with Gasteiger partial charge in [0.2, 0.25) is 5.95 Å². The number of likely N-dealkylation sites (N-methyl/N-ethyl adjacent to an activating group) is 1. The Morgan fingerprint density at radius 2 is 1.90 bits per heavy atom. The number of aromatic nitrogens is 2. The Kier molecular flexibility index (Phi) is 4.78. The van der Waals surface area contributed by atoms with Gasteiger partial charge in [-0.05, 0) is 62.9 Å². The van der Waals surface area contributed by atoms with E-state index in [-0.39, 0.29) is 11.4 Å². The number of anilines is 4. The highest BCUT2D eigenvalue weighted by Crippen LogP contribution is 2.41. The van der Waals surface area contributed by atoms with Crippen LogP contribution < -0.4 is 15.5 Å². The van der Waals surface area contributed by atoms with Crippen molar-refractivity contribution >= 4 is 44.7 Å². The van der Waals surface area contributed by atoms with E-state index in [1.54, 1.807) is 23.5 Å². The van der Waals surface area contributed by atoms with Crippen molar-refractivity contribution < 1.29 is 4.39 Å². The molecule has 2 fully saturated rings. The van der Waals surface area contributed by atoms with E-state index in [2.05, 4.69) is 51.7 Å². The van der Waals surface area contributed by atoms with E-state index in [4.69, 9.17) is 4.98 Å². The molecule has 0 bridgehead atoms. The van der Waals surface area contributed by atoms with Crippen molar-refractivity contribution in [2.75, 3.05) is 48.8 Å².